The van der Waals surface area contributed by atoms with Crippen LogP contribution in [0.4, 0.5) is 5.69 Å². The second kappa shape index (κ2) is 6.73. The normalized spacial score (nSPS) is 10.6. The van der Waals surface area contributed by atoms with Gasteiger partial charge in [-0.15, -0.1) is 0 Å². The number of ether oxygens (including phenoxy) is 3. The van der Waals surface area contributed by atoms with E-state index in [0.29, 0.717) is 6.54 Å². The lowest BCUT2D eigenvalue weighted by Gasteiger charge is -2.15. The third kappa shape index (κ3) is 3.66. The van der Waals surface area contributed by atoms with Gasteiger partial charge in [-0.05, 0) is 34.1 Å². The van der Waals surface area contributed by atoms with Gasteiger partial charge in [-0.25, -0.2) is 0 Å². The fourth-order valence-corrected chi connectivity index (χ4v) is 1.78. The molecule has 1 rings (SSSR count). The molecule has 90 valence electrons. The van der Waals surface area contributed by atoms with E-state index in [1.165, 1.54) is 0 Å². The molecule has 0 spiro atoms. The fourth-order valence-electron chi connectivity index (χ4n) is 1.24. The SMILES string of the molecule is COc1ccc(NCC(OC)OC)cc1Br. The molecule has 1 aromatic rings. The smallest absolute Gasteiger partial charge is 0.173 e. The molecular weight excluding hydrogens is 274 g/mol. The molecule has 0 radical (unpaired) electrons. The van der Waals surface area contributed by atoms with Crippen molar-refractivity contribution < 1.29 is 14.2 Å². The van der Waals surface area contributed by atoms with Crippen LogP contribution >= 0.6 is 15.9 Å². The maximum Gasteiger partial charge on any atom is 0.173 e. The van der Waals surface area contributed by atoms with Gasteiger partial charge < -0.3 is 19.5 Å². The lowest BCUT2D eigenvalue weighted by molar-refractivity contribution is -0.0914. The van der Waals surface area contributed by atoms with E-state index in [4.69, 9.17) is 14.2 Å². The summed E-state index contributed by atoms with van der Waals surface area (Å²) >= 11 is 3.42. The molecular formula is C11H16BrNO3. The molecule has 0 atom stereocenters. The summed E-state index contributed by atoms with van der Waals surface area (Å²) in [5.41, 5.74) is 0.978. The van der Waals surface area contributed by atoms with Gasteiger partial charge in [-0.1, -0.05) is 0 Å². The number of nitrogens with one attached hydrogen (secondary N) is 1. The first-order valence-corrected chi connectivity index (χ1v) is 5.63. The van der Waals surface area contributed by atoms with Crippen LogP contribution in [-0.2, 0) is 9.47 Å². The molecule has 0 fully saturated rings. The first-order chi connectivity index (χ1) is 7.71. The molecule has 0 bridgehead atoms. The molecule has 0 saturated heterocycles. The fraction of sp³-hybridized carbons (Fsp3) is 0.455. The lowest BCUT2D eigenvalue weighted by Crippen LogP contribution is -2.23. The lowest BCUT2D eigenvalue weighted by atomic mass is 10.3. The summed E-state index contributed by atoms with van der Waals surface area (Å²) in [5, 5.41) is 3.20. The van der Waals surface area contributed by atoms with Crippen molar-refractivity contribution in [3.63, 3.8) is 0 Å². The van der Waals surface area contributed by atoms with E-state index in [9.17, 15) is 0 Å². The summed E-state index contributed by atoms with van der Waals surface area (Å²) in [5.74, 6) is 0.806. The molecule has 1 aromatic carbocycles. The minimum atomic E-state index is -0.249. The predicted octanol–water partition coefficient (Wildman–Crippen LogP) is 2.49. The average molecular weight is 290 g/mol. The Bertz CT molecular complexity index is 329. The molecule has 0 aliphatic heterocycles. The van der Waals surface area contributed by atoms with Gasteiger partial charge in [-0.3, -0.25) is 0 Å². The van der Waals surface area contributed by atoms with Gasteiger partial charge in [0.2, 0.25) is 0 Å². The molecule has 4 nitrogen and oxygen atoms in total. The molecule has 0 aliphatic carbocycles. The molecule has 0 saturated carbocycles. The number of benzene rings is 1. The quantitative estimate of drug-likeness (QED) is 0.817. The van der Waals surface area contributed by atoms with E-state index in [-0.39, 0.29) is 6.29 Å². The molecule has 1 N–H and O–H groups in total. The van der Waals surface area contributed by atoms with Crippen molar-refractivity contribution in [2.75, 3.05) is 33.2 Å². The minimum absolute atomic E-state index is 0.249. The zero-order valence-corrected chi connectivity index (χ0v) is 11.2. The van der Waals surface area contributed by atoms with Gasteiger partial charge >= 0.3 is 0 Å². The molecule has 0 aromatic heterocycles. The highest BCUT2D eigenvalue weighted by Crippen LogP contribution is 2.27. The summed E-state index contributed by atoms with van der Waals surface area (Å²) in [7, 11) is 4.86. The van der Waals surface area contributed by atoms with Crippen molar-refractivity contribution in [1.82, 2.24) is 0 Å². The second-order valence-electron chi connectivity index (χ2n) is 3.13. The van der Waals surface area contributed by atoms with Crippen molar-refractivity contribution in [3.8, 4) is 5.75 Å². The third-order valence-corrected chi connectivity index (χ3v) is 2.77. The monoisotopic (exact) mass is 289 g/mol. The van der Waals surface area contributed by atoms with Gasteiger partial charge in [0.05, 0.1) is 18.1 Å². The Morgan fingerprint density at radius 3 is 2.44 bits per heavy atom. The number of halogens is 1. The summed E-state index contributed by atoms with van der Waals surface area (Å²) in [6, 6.07) is 5.77. The van der Waals surface area contributed by atoms with E-state index in [1.807, 2.05) is 18.2 Å². The number of hydrogen-bond donors (Lipinski definition) is 1. The standard InChI is InChI=1S/C11H16BrNO3/c1-14-10-5-4-8(6-9(10)12)13-7-11(15-2)16-3/h4-6,11,13H,7H2,1-3H3. The van der Waals surface area contributed by atoms with E-state index < -0.39 is 0 Å². The number of hydrogen-bond acceptors (Lipinski definition) is 4. The summed E-state index contributed by atoms with van der Waals surface area (Å²) in [6.45, 7) is 0.589. The number of anilines is 1. The highest BCUT2D eigenvalue weighted by Gasteiger charge is 2.05. The maximum absolute atomic E-state index is 5.14. The molecule has 5 heteroatoms. The van der Waals surface area contributed by atoms with Gasteiger partial charge in [0.15, 0.2) is 6.29 Å². The third-order valence-electron chi connectivity index (χ3n) is 2.15. The van der Waals surface area contributed by atoms with Crippen molar-refractivity contribution in [3.05, 3.63) is 22.7 Å². The van der Waals surface area contributed by atoms with E-state index >= 15 is 0 Å². The molecule has 0 aliphatic rings. The number of rotatable bonds is 6. The van der Waals surface area contributed by atoms with Crippen LogP contribution in [-0.4, -0.2) is 34.2 Å². The van der Waals surface area contributed by atoms with E-state index in [1.54, 1.807) is 21.3 Å². The van der Waals surface area contributed by atoms with Crippen LogP contribution in [0.25, 0.3) is 0 Å². The van der Waals surface area contributed by atoms with Crippen molar-refractivity contribution in [2.24, 2.45) is 0 Å². The molecule has 0 heterocycles. The van der Waals surface area contributed by atoms with Crippen LogP contribution in [0.2, 0.25) is 0 Å². The van der Waals surface area contributed by atoms with Gasteiger partial charge in [0.25, 0.3) is 0 Å². The Balaban J connectivity index is 2.58. The topological polar surface area (TPSA) is 39.7 Å². The Labute approximate surface area is 104 Å². The Morgan fingerprint density at radius 1 is 1.25 bits per heavy atom. The van der Waals surface area contributed by atoms with Gasteiger partial charge in [0.1, 0.15) is 5.75 Å². The summed E-state index contributed by atoms with van der Waals surface area (Å²) in [4.78, 5) is 0. The van der Waals surface area contributed by atoms with Crippen LogP contribution in [0.1, 0.15) is 0 Å². The summed E-state index contributed by atoms with van der Waals surface area (Å²) in [6.07, 6.45) is -0.249. The van der Waals surface area contributed by atoms with E-state index in [2.05, 4.69) is 21.2 Å². The average Bonchev–Trinajstić information content (AvgIpc) is 2.30. The Hall–Kier alpha value is -0.780. The van der Waals surface area contributed by atoms with E-state index in [0.717, 1.165) is 15.9 Å². The van der Waals surface area contributed by atoms with Crippen LogP contribution < -0.4 is 10.1 Å². The number of methoxy groups -OCH3 is 3. The maximum atomic E-state index is 5.14. The Kier molecular flexibility index (Phi) is 5.59. The zero-order chi connectivity index (χ0) is 12.0. The molecule has 0 unspecified atom stereocenters. The van der Waals surface area contributed by atoms with Gasteiger partial charge in [0, 0.05) is 19.9 Å². The first-order valence-electron chi connectivity index (χ1n) is 4.84. The highest BCUT2D eigenvalue weighted by atomic mass is 79.9. The predicted molar refractivity (Wildman–Crippen MR) is 67.0 cm³/mol. The zero-order valence-electron chi connectivity index (χ0n) is 9.62. The molecule has 16 heavy (non-hydrogen) atoms. The van der Waals surface area contributed by atoms with Crippen molar-refractivity contribution in [1.29, 1.82) is 0 Å². The van der Waals surface area contributed by atoms with Crippen molar-refractivity contribution >= 4 is 21.6 Å². The van der Waals surface area contributed by atoms with Crippen LogP contribution in [0, 0.1) is 0 Å². The highest BCUT2D eigenvalue weighted by molar-refractivity contribution is 9.10. The largest absolute Gasteiger partial charge is 0.496 e. The molecule has 0 amide bonds. The first kappa shape index (κ1) is 13.3. The minimum Gasteiger partial charge on any atom is -0.496 e. The van der Waals surface area contributed by atoms with Crippen LogP contribution in [0.3, 0.4) is 0 Å². The van der Waals surface area contributed by atoms with Gasteiger partial charge in [-0.2, -0.15) is 0 Å². The second-order valence-corrected chi connectivity index (χ2v) is 3.99. The summed E-state index contributed by atoms with van der Waals surface area (Å²) < 4.78 is 16.2. The van der Waals surface area contributed by atoms with Crippen LogP contribution in [0.15, 0.2) is 22.7 Å². The van der Waals surface area contributed by atoms with Crippen molar-refractivity contribution in [2.45, 2.75) is 6.29 Å². The van der Waals surface area contributed by atoms with Crippen LogP contribution in [0.5, 0.6) is 5.75 Å². The Morgan fingerprint density at radius 2 is 1.94 bits per heavy atom.